The third-order valence-electron chi connectivity index (χ3n) is 5.00. The van der Waals surface area contributed by atoms with Gasteiger partial charge in [0, 0.05) is 12.0 Å². The van der Waals surface area contributed by atoms with Crippen LogP contribution in [-0.2, 0) is 4.79 Å². The molecule has 1 N–H and O–H groups in total. The van der Waals surface area contributed by atoms with E-state index in [0.717, 1.165) is 22.8 Å². The summed E-state index contributed by atoms with van der Waals surface area (Å²) in [6.07, 6.45) is 7.72. The summed E-state index contributed by atoms with van der Waals surface area (Å²) in [5, 5.41) is 18.4. The second-order valence-electron chi connectivity index (χ2n) is 6.41. The molecule has 3 aliphatic carbocycles. The molecule has 6 heteroatoms. The van der Waals surface area contributed by atoms with Crippen molar-refractivity contribution in [3.63, 3.8) is 0 Å². The Kier molecular flexibility index (Phi) is 3.02. The highest BCUT2D eigenvalue weighted by atomic mass is 32.2. The molecule has 0 amide bonds. The summed E-state index contributed by atoms with van der Waals surface area (Å²) < 4.78 is 2.26. The number of aliphatic carboxylic acids is 1. The van der Waals surface area contributed by atoms with Gasteiger partial charge in [0.05, 0.1) is 5.75 Å². The van der Waals surface area contributed by atoms with Crippen LogP contribution < -0.4 is 0 Å². The maximum Gasteiger partial charge on any atom is 0.313 e. The number of carboxylic acids is 1. The molecule has 20 heavy (non-hydrogen) atoms. The van der Waals surface area contributed by atoms with Gasteiger partial charge in [0.2, 0.25) is 0 Å². The molecule has 0 radical (unpaired) electrons. The summed E-state index contributed by atoms with van der Waals surface area (Å²) >= 11 is 1.31. The van der Waals surface area contributed by atoms with E-state index in [1.165, 1.54) is 50.3 Å². The molecule has 0 aliphatic heterocycles. The van der Waals surface area contributed by atoms with Gasteiger partial charge in [0.25, 0.3) is 0 Å². The van der Waals surface area contributed by atoms with Crippen LogP contribution in [-0.4, -0.2) is 31.6 Å². The molecule has 0 aromatic carbocycles. The molecule has 1 aromatic rings. The molecule has 1 aromatic heterocycles. The number of thioether (sulfide) groups is 1. The number of hydrogen-bond donors (Lipinski definition) is 1. The standard InChI is InChI=1S/C14H19N3O2S/c18-12(19)7-20-14-16-15-13(17(14)10-3-4-10)11-6-8-1-2-9(11)5-8/h8-11H,1-7H2,(H,18,19). The number of hydrogen-bond acceptors (Lipinski definition) is 4. The van der Waals surface area contributed by atoms with Gasteiger partial charge in [0.15, 0.2) is 5.16 Å². The molecule has 2 bridgehead atoms. The zero-order chi connectivity index (χ0) is 13.7. The Hall–Kier alpha value is -1.04. The first-order chi connectivity index (χ1) is 9.72. The van der Waals surface area contributed by atoms with Crippen molar-refractivity contribution in [1.82, 2.24) is 14.8 Å². The normalized spacial score (nSPS) is 31.9. The third-order valence-corrected chi connectivity index (χ3v) is 5.93. The minimum atomic E-state index is -0.790. The molecule has 3 saturated carbocycles. The largest absolute Gasteiger partial charge is 0.481 e. The number of fused-ring (bicyclic) bond motifs is 2. The highest BCUT2D eigenvalue weighted by Gasteiger charge is 2.44. The second kappa shape index (κ2) is 4.76. The van der Waals surface area contributed by atoms with Gasteiger partial charge in [-0.2, -0.15) is 0 Å². The van der Waals surface area contributed by atoms with E-state index in [9.17, 15) is 4.79 Å². The van der Waals surface area contributed by atoms with Gasteiger partial charge in [-0.1, -0.05) is 18.2 Å². The summed E-state index contributed by atoms with van der Waals surface area (Å²) in [4.78, 5) is 10.8. The Morgan fingerprint density at radius 3 is 2.70 bits per heavy atom. The summed E-state index contributed by atoms with van der Waals surface area (Å²) in [5.74, 6) is 2.68. The summed E-state index contributed by atoms with van der Waals surface area (Å²) in [5.41, 5.74) is 0. The van der Waals surface area contributed by atoms with Gasteiger partial charge < -0.3 is 9.67 Å². The maximum absolute atomic E-state index is 10.8. The number of carboxylic acid groups (broad SMARTS) is 1. The van der Waals surface area contributed by atoms with E-state index < -0.39 is 5.97 Å². The van der Waals surface area contributed by atoms with Crippen LogP contribution in [0.3, 0.4) is 0 Å². The van der Waals surface area contributed by atoms with Gasteiger partial charge in [-0.15, -0.1) is 10.2 Å². The first kappa shape index (κ1) is 12.7. The van der Waals surface area contributed by atoms with Crippen LogP contribution in [0.25, 0.3) is 0 Å². The second-order valence-corrected chi connectivity index (χ2v) is 7.35. The minimum absolute atomic E-state index is 0.0710. The Morgan fingerprint density at radius 1 is 1.25 bits per heavy atom. The fourth-order valence-electron chi connectivity index (χ4n) is 4.00. The number of aromatic nitrogens is 3. The molecule has 0 saturated heterocycles. The summed E-state index contributed by atoms with van der Waals surface area (Å²) in [6, 6.07) is 0.524. The number of rotatable bonds is 5. The van der Waals surface area contributed by atoms with Crippen LogP contribution in [0.5, 0.6) is 0 Å². The van der Waals surface area contributed by atoms with Crippen LogP contribution in [0.2, 0.25) is 0 Å². The highest BCUT2D eigenvalue weighted by Crippen LogP contribution is 2.54. The Bertz CT molecular complexity index is 541. The van der Waals surface area contributed by atoms with Crippen molar-refractivity contribution >= 4 is 17.7 Å². The lowest BCUT2D eigenvalue weighted by molar-refractivity contribution is -0.133. The lowest BCUT2D eigenvalue weighted by atomic mass is 9.88. The van der Waals surface area contributed by atoms with Crippen LogP contribution in [0.1, 0.15) is 56.3 Å². The Morgan fingerprint density at radius 2 is 2.10 bits per heavy atom. The van der Waals surface area contributed by atoms with Crippen molar-refractivity contribution in [3.8, 4) is 0 Å². The molecule has 0 spiro atoms. The summed E-state index contributed by atoms with van der Waals surface area (Å²) in [7, 11) is 0. The molecular weight excluding hydrogens is 274 g/mol. The van der Waals surface area contributed by atoms with Crippen LogP contribution in [0.4, 0.5) is 0 Å². The minimum Gasteiger partial charge on any atom is -0.481 e. The maximum atomic E-state index is 10.8. The summed E-state index contributed by atoms with van der Waals surface area (Å²) in [6.45, 7) is 0. The van der Waals surface area contributed by atoms with Crippen molar-refractivity contribution in [1.29, 1.82) is 0 Å². The molecule has 1 heterocycles. The van der Waals surface area contributed by atoms with E-state index >= 15 is 0 Å². The van der Waals surface area contributed by atoms with Gasteiger partial charge in [-0.05, 0) is 43.9 Å². The lowest BCUT2D eigenvalue weighted by Crippen LogP contribution is -2.15. The van der Waals surface area contributed by atoms with Crippen LogP contribution in [0, 0.1) is 11.8 Å². The number of carbonyl (C=O) groups is 1. The van der Waals surface area contributed by atoms with Crippen LogP contribution in [0.15, 0.2) is 5.16 Å². The quantitative estimate of drug-likeness (QED) is 0.845. The lowest BCUT2D eigenvalue weighted by Gasteiger charge is -2.21. The fourth-order valence-corrected chi connectivity index (χ4v) is 4.74. The van der Waals surface area contributed by atoms with Crippen molar-refractivity contribution in [2.45, 2.75) is 55.6 Å². The zero-order valence-electron chi connectivity index (χ0n) is 11.4. The van der Waals surface area contributed by atoms with Crippen molar-refractivity contribution < 1.29 is 9.90 Å². The van der Waals surface area contributed by atoms with E-state index in [1.807, 2.05) is 0 Å². The van der Waals surface area contributed by atoms with Crippen molar-refractivity contribution in [3.05, 3.63) is 5.82 Å². The average Bonchev–Trinajstić information content (AvgIpc) is 2.89. The molecule has 3 atom stereocenters. The first-order valence-electron chi connectivity index (χ1n) is 7.51. The van der Waals surface area contributed by atoms with Crippen molar-refractivity contribution in [2.24, 2.45) is 11.8 Å². The Balaban J connectivity index is 1.61. The molecule has 3 aliphatic rings. The molecule has 5 nitrogen and oxygen atoms in total. The topological polar surface area (TPSA) is 68.0 Å². The predicted octanol–water partition coefficient (Wildman–Crippen LogP) is 2.69. The van der Waals surface area contributed by atoms with Gasteiger partial charge in [-0.3, -0.25) is 4.79 Å². The van der Waals surface area contributed by atoms with Crippen molar-refractivity contribution in [2.75, 3.05) is 5.75 Å². The predicted molar refractivity (Wildman–Crippen MR) is 74.8 cm³/mol. The monoisotopic (exact) mass is 293 g/mol. The number of nitrogens with zero attached hydrogens (tertiary/aromatic N) is 3. The first-order valence-corrected chi connectivity index (χ1v) is 8.50. The highest BCUT2D eigenvalue weighted by molar-refractivity contribution is 7.99. The van der Waals surface area contributed by atoms with Gasteiger partial charge in [-0.25, -0.2) is 0 Å². The Labute approximate surface area is 122 Å². The smallest absolute Gasteiger partial charge is 0.313 e. The molecular formula is C14H19N3O2S. The van der Waals surface area contributed by atoms with E-state index in [1.54, 1.807) is 0 Å². The molecule has 3 fully saturated rings. The third kappa shape index (κ3) is 2.14. The van der Waals surface area contributed by atoms with E-state index in [-0.39, 0.29) is 5.75 Å². The van der Waals surface area contributed by atoms with E-state index in [4.69, 9.17) is 5.11 Å². The average molecular weight is 293 g/mol. The molecule has 108 valence electrons. The SMILES string of the molecule is O=C(O)CSc1nnc(C2CC3CCC2C3)n1C1CC1. The van der Waals surface area contributed by atoms with Gasteiger partial charge >= 0.3 is 5.97 Å². The van der Waals surface area contributed by atoms with E-state index in [0.29, 0.717) is 12.0 Å². The molecule has 4 rings (SSSR count). The van der Waals surface area contributed by atoms with E-state index in [2.05, 4.69) is 14.8 Å². The zero-order valence-corrected chi connectivity index (χ0v) is 12.2. The molecule has 3 unspecified atom stereocenters. The van der Waals surface area contributed by atoms with Gasteiger partial charge in [0.1, 0.15) is 5.82 Å². The fraction of sp³-hybridized carbons (Fsp3) is 0.786. The van der Waals surface area contributed by atoms with Crippen LogP contribution >= 0.6 is 11.8 Å².